The van der Waals surface area contributed by atoms with Gasteiger partial charge in [0, 0.05) is 5.41 Å². The summed E-state index contributed by atoms with van der Waals surface area (Å²) in [6, 6.07) is 0. The minimum absolute atomic E-state index is 0.0859. The Morgan fingerprint density at radius 1 is 1.09 bits per heavy atom. The number of hydrogen-bond acceptors (Lipinski definition) is 1. The summed E-state index contributed by atoms with van der Waals surface area (Å²) in [5, 5.41) is 11.0. The summed E-state index contributed by atoms with van der Waals surface area (Å²) >= 11 is 0. The van der Waals surface area contributed by atoms with Gasteiger partial charge in [0.25, 0.3) is 0 Å². The van der Waals surface area contributed by atoms with E-state index in [0.717, 1.165) is 30.1 Å². The van der Waals surface area contributed by atoms with Gasteiger partial charge in [0.1, 0.15) is 0 Å². The van der Waals surface area contributed by atoms with Crippen LogP contribution in [0.4, 0.5) is 0 Å². The van der Waals surface area contributed by atoms with Gasteiger partial charge in [0.2, 0.25) is 0 Å². The van der Waals surface area contributed by atoms with Crippen LogP contribution in [0.15, 0.2) is 11.6 Å². The standard InChI is InChI=1S/C21H34O/c1-13-9-15-5-6-16-17(21(15,4)19(22)11-13)7-8-20(3)12-14(2)10-18(16)20/h5,13-14,16-19,22H,6-12H2,1-4H3/t13?,14?,16-,17-,18+,19?,20-,21+/m1/s1. The summed E-state index contributed by atoms with van der Waals surface area (Å²) in [6.45, 7) is 9.75. The van der Waals surface area contributed by atoms with Gasteiger partial charge in [-0.3, -0.25) is 0 Å². The molecule has 0 aliphatic heterocycles. The van der Waals surface area contributed by atoms with Crippen LogP contribution in [-0.4, -0.2) is 11.2 Å². The largest absolute Gasteiger partial charge is 0.392 e. The summed E-state index contributed by atoms with van der Waals surface area (Å²) in [7, 11) is 0. The van der Waals surface area contributed by atoms with Crippen LogP contribution in [-0.2, 0) is 0 Å². The average molecular weight is 303 g/mol. The van der Waals surface area contributed by atoms with Crippen molar-refractivity contribution in [3.8, 4) is 0 Å². The Bertz CT molecular complexity index is 494. The normalized spacial score (nSPS) is 57.6. The van der Waals surface area contributed by atoms with Crippen molar-refractivity contribution in [2.24, 2.45) is 40.4 Å². The molecule has 0 spiro atoms. The highest BCUT2D eigenvalue weighted by Crippen LogP contribution is 2.65. The minimum Gasteiger partial charge on any atom is -0.392 e. The van der Waals surface area contributed by atoms with E-state index < -0.39 is 0 Å². The molecule has 0 aromatic rings. The van der Waals surface area contributed by atoms with E-state index in [4.69, 9.17) is 0 Å². The van der Waals surface area contributed by atoms with Crippen LogP contribution in [0.2, 0.25) is 0 Å². The summed E-state index contributed by atoms with van der Waals surface area (Å²) in [5.41, 5.74) is 2.28. The molecule has 0 aromatic heterocycles. The highest BCUT2D eigenvalue weighted by atomic mass is 16.3. The average Bonchev–Trinajstić information content (AvgIpc) is 2.75. The number of fused-ring (bicyclic) bond motifs is 5. The molecule has 3 unspecified atom stereocenters. The maximum absolute atomic E-state index is 11.0. The first-order valence-corrected chi connectivity index (χ1v) is 9.72. The SMILES string of the molecule is CC1CC2=CC[C@@H]3[C@@H](CC[C@]4(C)CC(C)C[C@@H]34)[C@@]2(C)C(O)C1. The van der Waals surface area contributed by atoms with E-state index in [0.29, 0.717) is 11.3 Å². The second-order valence-corrected chi connectivity index (χ2v) is 9.92. The van der Waals surface area contributed by atoms with Crippen molar-refractivity contribution in [2.75, 3.05) is 0 Å². The van der Waals surface area contributed by atoms with Crippen molar-refractivity contribution < 1.29 is 5.11 Å². The van der Waals surface area contributed by atoms with E-state index in [1.54, 1.807) is 5.57 Å². The monoisotopic (exact) mass is 302 g/mol. The maximum atomic E-state index is 11.0. The van der Waals surface area contributed by atoms with Crippen molar-refractivity contribution in [1.82, 2.24) is 0 Å². The molecule has 0 saturated heterocycles. The number of rotatable bonds is 0. The molecule has 4 aliphatic rings. The van der Waals surface area contributed by atoms with Gasteiger partial charge in [-0.2, -0.15) is 0 Å². The molecule has 0 amide bonds. The predicted molar refractivity (Wildman–Crippen MR) is 91.4 cm³/mol. The molecule has 0 bridgehead atoms. The van der Waals surface area contributed by atoms with Gasteiger partial charge in [0.15, 0.2) is 0 Å². The molecule has 124 valence electrons. The Morgan fingerprint density at radius 3 is 2.64 bits per heavy atom. The summed E-state index contributed by atoms with van der Waals surface area (Å²) in [4.78, 5) is 0. The van der Waals surface area contributed by atoms with Crippen LogP contribution >= 0.6 is 0 Å². The zero-order chi connectivity index (χ0) is 15.7. The smallest absolute Gasteiger partial charge is 0.0636 e. The van der Waals surface area contributed by atoms with Crippen LogP contribution in [0.5, 0.6) is 0 Å². The van der Waals surface area contributed by atoms with E-state index in [2.05, 4.69) is 33.8 Å². The summed E-state index contributed by atoms with van der Waals surface area (Å²) in [6.07, 6.45) is 11.6. The lowest BCUT2D eigenvalue weighted by Crippen LogP contribution is -2.54. The van der Waals surface area contributed by atoms with Crippen molar-refractivity contribution in [1.29, 1.82) is 0 Å². The van der Waals surface area contributed by atoms with Gasteiger partial charge < -0.3 is 5.11 Å². The molecular weight excluding hydrogens is 268 g/mol. The van der Waals surface area contributed by atoms with Gasteiger partial charge in [-0.15, -0.1) is 0 Å². The van der Waals surface area contributed by atoms with Gasteiger partial charge in [0.05, 0.1) is 6.10 Å². The molecule has 0 aromatic carbocycles. The summed E-state index contributed by atoms with van der Waals surface area (Å²) in [5.74, 6) is 4.04. The highest BCUT2D eigenvalue weighted by molar-refractivity contribution is 5.27. The number of aliphatic hydroxyl groups excluding tert-OH is 1. The molecule has 1 N–H and O–H groups in total. The lowest BCUT2D eigenvalue weighted by molar-refractivity contribution is -0.0880. The van der Waals surface area contributed by atoms with E-state index >= 15 is 0 Å². The first kappa shape index (κ1) is 15.2. The van der Waals surface area contributed by atoms with Gasteiger partial charge >= 0.3 is 0 Å². The van der Waals surface area contributed by atoms with E-state index in [9.17, 15) is 5.11 Å². The first-order valence-electron chi connectivity index (χ1n) is 9.72. The Labute approximate surface area is 136 Å². The lowest BCUT2D eigenvalue weighted by atomic mass is 9.47. The molecule has 0 radical (unpaired) electrons. The minimum atomic E-state index is -0.113. The Hall–Kier alpha value is -0.300. The fourth-order valence-electron chi connectivity index (χ4n) is 7.37. The first-order chi connectivity index (χ1) is 10.3. The Kier molecular flexibility index (Phi) is 3.36. The lowest BCUT2D eigenvalue weighted by Gasteiger charge is -2.58. The van der Waals surface area contributed by atoms with Crippen LogP contribution in [0.3, 0.4) is 0 Å². The van der Waals surface area contributed by atoms with E-state index in [1.807, 2.05) is 0 Å². The molecule has 0 heterocycles. The molecule has 1 nitrogen and oxygen atoms in total. The third-order valence-corrected chi connectivity index (χ3v) is 8.41. The second-order valence-electron chi connectivity index (χ2n) is 9.92. The third kappa shape index (κ3) is 1.93. The highest BCUT2D eigenvalue weighted by Gasteiger charge is 2.58. The number of hydrogen-bond donors (Lipinski definition) is 1. The third-order valence-electron chi connectivity index (χ3n) is 8.41. The van der Waals surface area contributed by atoms with Gasteiger partial charge in [-0.1, -0.05) is 39.3 Å². The molecule has 4 rings (SSSR count). The second kappa shape index (κ2) is 4.85. The Morgan fingerprint density at radius 2 is 1.86 bits per heavy atom. The van der Waals surface area contributed by atoms with Crippen molar-refractivity contribution in [3.63, 3.8) is 0 Å². The molecule has 22 heavy (non-hydrogen) atoms. The molecule has 8 atom stereocenters. The van der Waals surface area contributed by atoms with Crippen molar-refractivity contribution in [3.05, 3.63) is 11.6 Å². The summed E-state index contributed by atoms with van der Waals surface area (Å²) < 4.78 is 0. The molecular formula is C21H34O. The molecule has 3 saturated carbocycles. The number of aliphatic hydroxyl groups is 1. The van der Waals surface area contributed by atoms with E-state index in [1.165, 1.54) is 38.5 Å². The Balaban J connectivity index is 1.70. The fourth-order valence-corrected chi connectivity index (χ4v) is 7.37. The van der Waals surface area contributed by atoms with E-state index in [-0.39, 0.29) is 11.5 Å². The van der Waals surface area contributed by atoms with Crippen LogP contribution in [0.25, 0.3) is 0 Å². The maximum Gasteiger partial charge on any atom is 0.0636 e. The van der Waals surface area contributed by atoms with Crippen LogP contribution < -0.4 is 0 Å². The van der Waals surface area contributed by atoms with Crippen LogP contribution in [0.1, 0.15) is 72.6 Å². The number of allylic oxidation sites excluding steroid dienone is 1. The quantitative estimate of drug-likeness (QED) is 0.610. The van der Waals surface area contributed by atoms with Crippen molar-refractivity contribution in [2.45, 2.75) is 78.7 Å². The zero-order valence-corrected chi connectivity index (χ0v) is 14.9. The van der Waals surface area contributed by atoms with Gasteiger partial charge in [-0.25, -0.2) is 0 Å². The molecule has 4 aliphatic carbocycles. The molecule has 1 heteroatoms. The van der Waals surface area contributed by atoms with Crippen molar-refractivity contribution >= 4 is 0 Å². The predicted octanol–water partition coefficient (Wildman–Crippen LogP) is 5.19. The topological polar surface area (TPSA) is 20.2 Å². The van der Waals surface area contributed by atoms with Crippen LogP contribution in [0, 0.1) is 40.4 Å². The fraction of sp³-hybridized carbons (Fsp3) is 0.905. The van der Waals surface area contributed by atoms with Gasteiger partial charge in [-0.05, 0) is 80.0 Å². The molecule has 3 fully saturated rings. The zero-order valence-electron chi connectivity index (χ0n) is 14.9.